The third-order valence-corrected chi connectivity index (χ3v) is 7.26. The van der Waals surface area contributed by atoms with Crippen LogP contribution in [0.25, 0.3) is 0 Å². The number of aromatic nitrogens is 2. The van der Waals surface area contributed by atoms with Crippen LogP contribution in [0.1, 0.15) is 73.7 Å². The summed E-state index contributed by atoms with van der Waals surface area (Å²) in [5, 5.41) is 21.7. The maximum Gasteiger partial charge on any atom is 0.410 e. The zero-order valence-electron chi connectivity index (χ0n) is 21.6. The Kier molecular flexibility index (Phi) is 8.09. The lowest BCUT2D eigenvalue weighted by Gasteiger charge is -2.39. The monoisotopic (exact) mass is 485 g/mol. The van der Waals surface area contributed by atoms with Crippen molar-refractivity contribution in [2.75, 3.05) is 26.2 Å². The van der Waals surface area contributed by atoms with Gasteiger partial charge in [0.25, 0.3) is 0 Å². The Hall–Kier alpha value is -2.49. The lowest BCUT2D eigenvalue weighted by molar-refractivity contribution is 0.0300. The van der Waals surface area contributed by atoms with Crippen molar-refractivity contribution in [3.63, 3.8) is 0 Å². The standard InChI is InChI=1S/C26H39N5O4/c1-6-18(4)34-26(33)31-10-9-30(14-17(31)3)15-21-12-16(2)11-20(19(21)5)13-23-28-29-25(35-23)24-22(32)7-8-27-24/h11-12,17-18,22,24,27,32H,6-10,13-15H2,1-5H3/t17-,18+,22+,24-/m0/s1. The number of rotatable bonds is 7. The molecule has 192 valence electrons. The third kappa shape index (κ3) is 6.02. The van der Waals surface area contributed by atoms with Crippen LogP contribution in [0.5, 0.6) is 0 Å². The first-order chi connectivity index (χ1) is 16.7. The summed E-state index contributed by atoms with van der Waals surface area (Å²) in [6, 6.07) is 4.23. The molecule has 1 amide bonds. The average molecular weight is 486 g/mol. The summed E-state index contributed by atoms with van der Waals surface area (Å²) < 4.78 is 11.4. The molecular weight excluding hydrogens is 446 g/mol. The van der Waals surface area contributed by atoms with Crippen molar-refractivity contribution in [3.8, 4) is 0 Å². The van der Waals surface area contributed by atoms with Crippen molar-refractivity contribution in [3.05, 3.63) is 46.2 Å². The number of aliphatic hydroxyl groups is 1. The van der Waals surface area contributed by atoms with Crippen LogP contribution in [0.15, 0.2) is 16.5 Å². The fraction of sp³-hybridized carbons (Fsp3) is 0.654. The number of nitrogens with one attached hydrogen (secondary N) is 1. The summed E-state index contributed by atoms with van der Waals surface area (Å²) in [5.41, 5.74) is 4.85. The number of benzene rings is 1. The van der Waals surface area contributed by atoms with Gasteiger partial charge in [0.15, 0.2) is 0 Å². The SMILES string of the molecule is CC[C@@H](C)OC(=O)N1CCN(Cc2cc(C)cc(Cc3nnc([C@H]4NCC[C@H]4O)o3)c2C)C[C@@H]1C. The van der Waals surface area contributed by atoms with Gasteiger partial charge < -0.3 is 24.5 Å². The molecule has 0 radical (unpaired) electrons. The van der Waals surface area contributed by atoms with Gasteiger partial charge in [0.1, 0.15) is 12.1 Å². The van der Waals surface area contributed by atoms with Crippen molar-refractivity contribution in [2.24, 2.45) is 0 Å². The number of aryl methyl sites for hydroxylation is 1. The maximum atomic E-state index is 12.5. The number of hydrogen-bond donors (Lipinski definition) is 2. The summed E-state index contributed by atoms with van der Waals surface area (Å²) in [6.45, 7) is 14.1. The van der Waals surface area contributed by atoms with Crippen LogP contribution in [0.4, 0.5) is 4.79 Å². The highest BCUT2D eigenvalue weighted by Gasteiger charge is 2.31. The van der Waals surface area contributed by atoms with Gasteiger partial charge >= 0.3 is 6.09 Å². The highest BCUT2D eigenvalue weighted by atomic mass is 16.6. The van der Waals surface area contributed by atoms with E-state index in [1.54, 1.807) is 0 Å². The van der Waals surface area contributed by atoms with E-state index in [0.717, 1.165) is 32.6 Å². The lowest BCUT2D eigenvalue weighted by Crippen LogP contribution is -2.54. The van der Waals surface area contributed by atoms with E-state index in [9.17, 15) is 9.90 Å². The second-order valence-corrected chi connectivity index (χ2v) is 10.1. The molecule has 2 aliphatic rings. The Morgan fingerprint density at radius 3 is 2.74 bits per heavy atom. The summed E-state index contributed by atoms with van der Waals surface area (Å²) in [6.07, 6.45) is 1.31. The Balaban J connectivity index is 1.41. The average Bonchev–Trinajstić information content (AvgIpc) is 3.45. The van der Waals surface area contributed by atoms with Crippen molar-refractivity contribution in [2.45, 2.75) is 84.7 Å². The summed E-state index contributed by atoms with van der Waals surface area (Å²) in [5.74, 6) is 1.01. The van der Waals surface area contributed by atoms with Crippen LogP contribution >= 0.6 is 0 Å². The Bertz CT molecular complexity index is 1030. The van der Waals surface area contributed by atoms with E-state index < -0.39 is 6.10 Å². The molecule has 3 heterocycles. The van der Waals surface area contributed by atoms with E-state index in [1.165, 1.54) is 22.3 Å². The normalized spacial score (nSPS) is 24.1. The summed E-state index contributed by atoms with van der Waals surface area (Å²) >= 11 is 0. The fourth-order valence-electron chi connectivity index (χ4n) is 4.94. The molecule has 0 spiro atoms. The largest absolute Gasteiger partial charge is 0.446 e. The summed E-state index contributed by atoms with van der Waals surface area (Å²) in [7, 11) is 0. The molecule has 9 heteroatoms. The molecule has 0 unspecified atom stereocenters. The van der Waals surface area contributed by atoms with Gasteiger partial charge in [0.05, 0.1) is 12.5 Å². The second kappa shape index (κ2) is 11.1. The topological polar surface area (TPSA) is 104 Å². The molecular formula is C26H39N5O4. The van der Waals surface area contributed by atoms with Gasteiger partial charge in [-0.1, -0.05) is 24.6 Å². The van der Waals surface area contributed by atoms with Gasteiger partial charge in [0.2, 0.25) is 11.8 Å². The number of carbonyl (C=O) groups excluding carboxylic acids is 1. The first kappa shape index (κ1) is 25.6. The molecule has 0 bridgehead atoms. The van der Waals surface area contributed by atoms with Crippen LogP contribution in [0.2, 0.25) is 0 Å². The van der Waals surface area contributed by atoms with Crippen LogP contribution < -0.4 is 5.32 Å². The lowest BCUT2D eigenvalue weighted by atomic mass is 9.96. The van der Waals surface area contributed by atoms with Crippen LogP contribution in [-0.4, -0.2) is 75.6 Å². The molecule has 0 aliphatic carbocycles. The van der Waals surface area contributed by atoms with Crippen molar-refractivity contribution >= 4 is 6.09 Å². The number of hydrogen-bond acceptors (Lipinski definition) is 8. The zero-order valence-corrected chi connectivity index (χ0v) is 21.6. The zero-order chi connectivity index (χ0) is 25.1. The first-order valence-corrected chi connectivity index (χ1v) is 12.8. The molecule has 2 fully saturated rings. The van der Waals surface area contributed by atoms with Crippen LogP contribution in [0, 0.1) is 13.8 Å². The minimum absolute atomic E-state index is 0.0597. The Morgan fingerprint density at radius 2 is 2.06 bits per heavy atom. The van der Waals surface area contributed by atoms with E-state index in [0.29, 0.717) is 31.2 Å². The number of carbonyl (C=O) groups is 1. The number of aliphatic hydroxyl groups excluding tert-OH is 1. The molecule has 2 saturated heterocycles. The molecule has 2 aromatic rings. The first-order valence-electron chi connectivity index (χ1n) is 12.8. The summed E-state index contributed by atoms with van der Waals surface area (Å²) in [4.78, 5) is 16.8. The van der Waals surface area contributed by atoms with E-state index >= 15 is 0 Å². The number of nitrogens with zero attached hydrogens (tertiary/aromatic N) is 4. The van der Waals surface area contributed by atoms with Crippen molar-refractivity contribution < 1.29 is 19.1 Å². The Labute approximate surface area is 207 Å². The Morgan fingerprint density at radius 1 is 1.29 bits per heavy atom. The minimum atomic E-state index is -0.490. The molecule has 35 heavy (non-hydrogen) atoms. The van der Waals surface area contributed by atoms with E-state index in [1.807, 2.05) is 18.7 Å². The number of piperazine rings is 1. The highest BCUT2D eigenvalue weighted by molar-refractivity contribution is 5.68. The van der Waals surface area contributed by atoms with Crippen LogP contribution in [-0.2, 0) is 17.7 Å². The molecule has 1 aromatic carbocycles. The minimum Gasteiger partial charge on any atom is -0.446 e. The van der Waals surface area contributed by atoms with Gasteiger partial charge in [0, 0.05) is 32.2 Å². The van der Waals surface area contributed by atoms with Gasteiger partial charge in [-0.3, -0.25) is 4.90 Å². The molecule has 2 N–H and O–H groups in total. The fourth-order valence-corrected chi connectivity index (χ4v) is 4.94. The van der Waals surface area contributed by atoms with Gasteiger partial charge in [-0.05, 0) is 63.8 Å². The van der Waals surface area contributed by atoms with Gasteiger partial charge in [-0.25, -0.2) is 4.79 Å². The predicted molar refractivity (Wildman–Crippen MR) is 132 cm³/mol. The van der Waals surface area contributed by atoms with E-state index in [4.69, 9.17) is 9.15 Å². The highest BCUT2D eigenvalue weighted by Crippen LogP contribution is 2.26. The van der Waals surface area contributed by atoms with Gasteiger partial charge in [-0.2, -0.15) is 0 Å². The molecule has 4 rings (SSSR count). The molecule has 2 aliphatic heterocycles. The smallest absolute Gasteiger partial charge is 0.410 e. The molecule has 4 atom stereocenters. The number of ether oxygens (including phenoxy) is 1. The van der Waals surface area contributed by atoms with E-state index in [2.05, 4.69) is 53.3 Å². The predicted octanol–water partition coefficient (Wildman–Crippen LogP) is 3.11. The molecule has 1 aromatic heterocycles. The number of amides is 1. The van der Waals surface area contributed by atoms with Crippen LogP contribution in [0.3, 0.4) is 0 Å². The van der Waals surface area contributed by atoms with Gasteiger partial charge in [-0.15, -0.1) is 10.2 Å². The maximum absolute atomic E-state index is 12.5. The molecule has 0 saturated carbocycles. The van der Waals surface area contributed by atoms with Crippen molar-refractivity contribution in [1.82, 2.24) is 25.3 Å². The van der Waals surface area contributed by atoms with E-state index in [-0.39, 0.29) is 24.3 Å². The molecule has 9 nitrogen and oxygen atoms in total. The third-order valence-electron chi connectivity index (χ3n) is 7.26. The second-order valence-electron chi connectivity index (χ2n) is 10.1. The van der Waals surface area contributed by atoms with Crippen molar-refractivity contribution in [1.29, 1.82) is 0 Å². The quantitative estimate of drug-likeness (QED) is 0.617.